The molecule has 0 spiro atoms. The van der Waals surface area contributed by atoms with E-state index in [1.54, 1.807) is 11.0 Å². The second kappa shape index (κ2) is 14.9. The third kappa shape index (κ3) is 8.43. The number of hydrogen-bond acceptors (Lipinski definition) is 8. The summed E-state index contributed by atoms with van der Waals surface area (Å²) in [7, 11) is 0. The monoisotopic (exact) mass is 545 g/mol. The number of rotatable bonds is 6. The van der Waals surface area contributed by atoms with Gasteiger partial charge in [-0.15, -0.1) is 0 Å². The lowest BCUT2D eigenvalue weighted by atomic mass is 9.99. The predicted molar refractivity (Wildman–Crippen MR) is 142 cm³/mol. The Labute approximate surface area is 226 Å². The summed E-state index contributed by atoms with van der Waals surface area (Å²) in [6.45, 7) is 1.28. The Kier molecular flexibility index (Phi) is 11.3. The van der Waals surface area contributed by atoms with Gasteiger partial charge in [-0.2, -0.15) is 0 Å². The number of carbonyl (C=O) groups excluding carboxylic acids is 2. The second-order valence-corrected chi connectivity index (χ2v) is 9.39. The van der Waals surface area contributed by atoms with E-state index in [4.69, 9.17) is 26.7 Å². The number of likely N-dealkylation sites (tertiary alicyclic amines) is 1. The first kappa shape index (κ1) is 28.9. The Morgan fingerprint density at radius 3 is 2.71 bits per heavy atom. The maximum absolute atomic E-state index is 13.2. The molecule has 204 valence electrons. The standard InChI is InChI=1S/C26H32ClN5O6/c27-25-20-15-18(30-37-17-23(35)32-13-7-4-8-14-32)9-5-2-1-3-6-10-19(11-12-29-31-28)38-26(36)24(20)21(33)16-22(25)34/h3,5-6,9,16,19,33-34H,1-2,4,7-8,10-15,17H2/b6-3+,9-5+,30-18+. The van der Waals surface area contributed by atoms with E-state index in [1.165, 1.54) is 0 Å². The number of amides is 1. The van der Waals surface area contributed by atoms with Crippen molar-refractivity contribution in [1.82, 2.24) is 4.90 Å². The minimum absolute atomic E-state index is 0.0845. The van der Waals surface area contributed by atoms with Gasteiger partial charge in [-0.05, 0) is 55.7 Å². The molecule has 0 saturated carbocycles. The fourth-order valence-corrected chi connectivity index (χ4v) is 4.46. The molecule has 0 radical (unpaired) electrons. The number of phenols is 2. The summed E-state index contributed by atoms with van der Waals surface area (Å²) in [5.74, 6) is -1.93. The van der Waals surface area contributed by atoms with Gasteiger partial charge in [0, 0.05) is 43.5 Å². The molecule has 2 heterocycles. The molecule has 1 unspecified atom stereocenters. The van der Waals surface area contributed by atoms with Crippen LogP contribution in [-0.2, 0) is 20.8 Å². The highest BCUT2D eigenvalue weighted by atomic mass is 35.5. The zero-order valence-electron chi connectivity index (χ0n) is 21.1. The number of halogens is 1. The van der Waals surface area contributed by atoms with Crippen molar-refractivity contribution in [2.24, 2.45) is 10.3 Å². The Morgan fingerprint density at radius 2 is 1.95 bits per heavy atom. The normalized spacial score (nSPS) is 21.4. The number of esters is 1. The average molecular weight is 546 g/mol. The molecule has 1 saturated heterocycles. The molecule has 1 amide bonds. The zero-order chi connectivity index (χ0) is 27.3. The molecule has 0 bridgehead atoms. The molecule has 1 fully saturated rings. The highest BCUT2D eigenvalue weighted by Gasteiger charge is 2.26. The van der Waals surface area contributed by atoms with Crippen molar-refractivity contribution in [3.05, 3.63) is 57.0 Å². The van der Waals surface area contributed by atoms with Gasteiger partial charge in [-0.25, -0.2) is 4.79 Å². The number of oxime groups is 1. The SMILES string of the molecule is [N-]=[N+]=NCCC1C/C=C/CC/C=C/C(=N\OCC(=O)N2CCCCC2)Cc2c(Cl)c(O)cc(O)c2C(=O)O1. The van der Waals surface area contributed by atoms with Gasteiger partial charge in [0.15, 0.2) is 6.61 Å². The van der Waals surface area contributed by atoms with Gasteiger partial charge in [0.05, 0.1) is 10.7 Å². The lowest BCUT2D eigenvalue weighted by Gasteiger charge is -2.26. The number of carbonyl (C=O) groups is 2. The first-order chi connectivity index (χ1) is 18.4. The number of nitrogens with zero attached hydrogens (tertiary/aromatic N) is 5. The van der Waals surface area contributed by atoms with Crippen molar-refractivity contribution in [1.29, 1.82) is 0 Å². The fourth-order valence-electron chi connectivity index (χ4n) is 4.24. The van der Waals surface area contributed by atoms with E-state index in [-0.39, 0.29) is 48.0 Å². The predicted octanol–water partition coefficient (Wildman–Crippen LogP) is 5.20. The number of phenolic OH excluding ortho intramolecular Hbond substituents is 2. The summed E-state index contributed by atoms with van der Waals surface area (Å²) < 4.78 is 5.65. The van der Waals surface area contributed by atoms with Crippen LogP contribution in [-0.4, -0.2) is 65.0 Å². The molecular formula is C26H32ClN5O6. The molecule has 1 aromatic rings. The van der Waals surface area contributed by atoms with Crippen LogP contribution in [0.15, 0.2) is 40.6 Å². The fraction of sp³-hybridized carbons (Fsp3) is 0.500. The maximum atomic E-state index is 13.2. The van der Waals surface area contributed by atoms with E-state index in [0.717, 1.165) is 25.3 Å². The summed E-state index contributed by atoms with van der Waals surface area (Å²) in [4.78, 5) is 35.5. The number of azide groups is 1. The van der Waals surface area contributed by atoms with Crippen LogP contribution in [0.2, 0.25) is 5.02 Å². The lowest BCUT2D eigenvalue weighted by molar-refractivity contribution is -0.137. The molecule has 1 aromatic carbocycles. The smallest absolute Gasteiger partial charge is 0.342 e. The van der Waals surface area contributed by atoms with Crippen molar-refractivity contribution < 1.29 is 29.4 Å². The van der Waals surface area contributed by atoms with E-state index >= 15 is 0 Å². The van der Waals surface area contributed by atoms with Gasteiger partial charge in [-0.3, -0.25) is 4.79 Å². The van der Waals surface area contributed by atoms with Crippen molar-refractivity contribution in [3.8, 4) is 11.5 Å². The molecule has 0 aliphatic carbocycles. The van der Waals surface area contributed by atoms with E-state index in [2.05, 4.69) is 15.2 Å². The van der Waals surface area contributed by atoms with Gasteiger partial charge < -0.3 is 24.7 Å². The zero-order valence-corrected chi connectivity index (χ0v) is 21.8. The van der Waals surface area contributed by atoms with Crippen molar-refractivity contribution in [2.45, 2.75) is 57.5 Å². The molecule has 1 atom stereocenters. The van der Waals surface area contributed by atoms with Crippen LogP contribution in [0.5, 0.6) is 11.5 Å². The molecule has 11 nitrogen and oxygen atoms in total. The Bertz CT molecular complexity index is 1140. The summed E-state index contributed by atoms with van der Waals surface area (Å²) in [6.07, 6.45) is 11.8. The average Bonchev–Trinajstić information content (AvgIpc) is 2.90. The number of ether oxygens (including phenoxy) is 1. The summed E-state index contributed by atoms with van der Waals surface area (Å²) in [5.41, 5.74) is 8.80. The number of cyclic esters (lactones) is 1. The van der Waals surface area contributed by atoms with Crippen LogP contribution in [0.4, 0.5) is 0 Å². The number of hydrogen-bond donors (Lipinski definition) is 2. The number of fused-ring (bicyclic) bond motifs is 1. The van der Waals surface area contributed by atoms with Crippen LogP contribution in [0.25, 0.3) is 10.4 Å². The lowest BCUT2D eigenvalue weighted by Crippen LogP contribution is -2.37. The Hall–Kier alpha value is -3.69. The molecule has 0 aromatic heterocycles. The van der Waals surface area contributed by atoms with E-state index in [1.807, 2.05) is 18.2 Å². The summed E-state index contributed by atoms with van der Waals surface area (Å²) in [6, 6.07) is 0.973. The van der Waals surface area contributed by atoms with Crippen LogP contribution < -0.4 is 0 Å². The topological polar surface area (TPSA) is 157 Å². The molecule has 3 rings (SSSR count). The van der Waals surface area contributed by atoms with Crippen LogP contribution in [0.3, 0.4) is 0 Å². The highest BCUT2D eigenvalue weighted by Crippen LogP contribution is 2.37. The number of piperidine rings is 1. The van der Waals surface area contributed by atoms with Crippen LogP contribution >= 0.6 is 11.6 Å². The molecule has 2 N–H and O–H groups in total. The largest absolute Gasteiger partial charge is 0.507 e. The van der Waals surface area contributed by atoms with Crippen LogP contribution in [0, 0.1) is 0 Å². The van der Waals surface area contributed by atoms with Gasteiger partial charge in [0.2, 0.25) is 0 Å². The number of benzene rings is 1. The number of allylic oxidation sites excluding steroid dienone is 3. The molecule has 2 aliphatic rings. The second-order valence-electron chi connectivity index (χ2n) is 9.01. The van der Waals surface area contributed by atoms with Gasteiger partial charge >= 0.3 is 5.97 Å². The van der Waals surface area contributed by atoms with E-state index < -0.39 is 23.6 Å². The minimum atomic E-state index is -0.847. The van der Waals surface area contributed by atoms with Crippen molar-refractivity contribution >= 4 is 29.2 Å². The number of aromatic hydroxyl groups is 2. The minimum Gasteiger partial charge on any atom is -0.507 e. The first-order valence-corrected chi connectivity index (χ1v) is 13.0. The van der Waals surface area contributed by atoms with Crippen molar-refractivity contribution in [2.75, 3.05) is 26.2 Å². The maximum Gasteiger partial charge on any atom is 0.342 e. The van der Waals surface area contributed by atoms with Crippen LogP contribution in [0.1, 0.15) is 60.9 Å². The van der Waals surface area contributed by atoms with Gasteiger partial charge in [0.1, 0.15) is 23.2 Å². The van der Waals surface area contributed by atoms with Gasteiger partial charge in [0.25, 0.3) is 5.91 Å². The third-order valence-electron chi connectivity index (χ3n) is 6.23. The van der Waals surface area contributed by atoms with E-state index in [0.29, 0.717) is 38.1 Å². The quantitative estimate of drug-likeness (QED) is 0.125. The summed E-state index contributed by atoms with van der Waals surface area (Å²) in [5, 5.41) is 28.3. The molecular weight excluding hydrogens is 514 g/mol. The Balaban J connectivity index is 1.89. The van der Waals surface area contributed by atoms with Gasteiger partial charge in [-0.1, -0.05) is 40.1 Å². The summed E-state index contributed by atoms with van der Waals surface area (Å²) >= 11 is 6.37. The highest BCUT2D eigenvalue weighted by molar-refractivity contribution is 6.33. The Morgan fingerprint density at radius 1 is 1.18 bits per heavy atom. The molecule has 12 heteroatoms. The molecule has 2 aliphatic heterocycles. The first-order valence-electron chi connectivity index (χ1n) is 12.6. The van der Waals surface area contributed by atoms with Crippen molar-refractivity contribution in [3.63, 3.8) is 0 Å². The molecule has 38 heavy (non-hydrogen) atoms. The van der Waals surface area contributed by atoms with E-state index in [9.17, 15) is 19.8 Å². The third-order valence-corrected chi connectivity index (χ3v) is 6.65.